The molecule has 1 aliphatic rings. The van der Waals surface area contributed by atoms with Gasteiger partial charge in [0.15, 0.2) is 0 Å². The Morgan fingerprint density at radius 1 is 1.00 bits per heavy atom. The van der Waals surface area contributed by atoms with Gasteiger partial charge >= 0.3 is 0 Å². The number of hydrogen-bond acceptors (Lipinski definition) is 2. The molecule has 1 heterocycles. The van der Waals surface area contributed by atoms with E-state index < -0.39 is 0 Å². The molecule has 0 aromatic heterocycles. The number of nitrogens with zero attached hydrogens (tertiary/aromatic N) is 2. The number of nitriles is 1. The van der Waals surface area contributed by atoms with Crippen LogP contribution in [0.15, 0.2) is 66.7 Å². The number of rotatable bonds is 3. The number of benzene rings is 3. The van der Waals surface area contributed by atoms with Crippen molar-refractivity contribution < 1.29 is 0 Å². The maximum Gasteiger partial charge on any atom is 0.0991 e. The molecule has 0 amide bonds. The first kappa shape index (κ1) is 14.9. The Balaban J connectivity index is 1.66. The molecule has 2 heteroatoms. The van der Waals surface area contributed by atoms with Crippen LogP contribution in [-0.2, 0) is 6.54 Å². The first-order valence-corrected chi connectivity index (χ1v) is 8.56. The third-order valence-corrected chi connectivity index (χ3v) is 4.99. The van der Waals surface area contributed by atoms with Crippen LogP contribution in [0.3, 0.4) is 0 Å². The highest BCUT2D eigenvalue weighted by atomic mass is 15.2. The molecule has 118 valence electrons. The summed E-state index contributed by atoms with van der Waals surface area (Å²) in [4.78, 5) is 2.55. The molecular weight excluding hydrogens is 292 g/mol. The van der Waals surface area contributed by atoms with Crippen molar-refractivity contribution in [2.45, 2.75) is 25.4 Å². The van der Waals surface area contributed by atoms with Crippen LogP contribution in [0.5, 0.6) is 0 Å². The van der Waals surface area contributed by atoms with E-state index in [4.69, 9.17) is 5.26 Å². The Bertz CT molecular complexity index is 902. The molecule has 3 aromatic carbocycles. The summed E-state index contributed by atoms with van der Waals surface area (Å²) in [5, 5.41) is 11.8. The Kier molecular flexibility index (Phi) is 4.02. The summed E-state index contributed by atoms with van der Waals surface area (Å²) in [6, 6.07) is 26.0. The molecule has 0 aliphatic carbocycles. The highest BCUT2D eigenvalue weighted by Gasteiger charge is 2.27. The first-order chi connectivity index (χ1) is 11.8. The lowest BCUT2D eigenvalue weighted by molar-refractivity contribution is 0.250. The zero-order valence-electron chi connectivity index (χ0n) is 13.7. The third-order valence-electron chi connectivity index (χ3n) is 4.99. The molecule has 24 heavy (non-hydrogen) atoms. The number of hydrogen-bond donors (Lipinski definition) is 0. The van der Waals surface area contributed by atoms with Crippen molar-refractivity contribution in [1.29, 1.82) is 5.26 Å². The Morgan fingerprint density at radius 2 is 1.83 bits per heavy atom. The van der Waals surface area contributed by atoms with Crippen molar-refractivity contribution in [3.63, 3.8) is 0 Å². The maximum atomic E-state index is 9.11. The van der Waals surface area contributed by atoms with Crippen molar-refractivity contribution >= 4 is 10.8 Å². The van der Waals surface area contributed by atoms with Crippen LogP contribution >= 0.6 is 0 Å². The standard InChI is InChI=1S/C22H20N2/c23-15-17-6-3-7-18(14-17)16-24-13-5-12-22(24)21-11-4-9-19-8-1-2-10-20(19)21/h1-4,6-11,14,22H,5,12-13,16H2/t22-/m1/s1. The Labute approximate surface area is 143 Å². The molecule has 0 spiro atoms. The summed E-state index contributed by atoms with van der Waals surface area (Å²) in [6.45, 7) is 2.02. The summed E-state index contributed by atoms with van der Waals surface area (Å²) in [6.07, 6.45) is 2.43. The van der Waals surface area contributed by atoms with E-state index in [1.807, 2.05) is 18.2 Å². The summed E-state index contributed by atoms with van der Waals surface area (Å²) in [5.74, 6) is 0. The van der Waals surface area contributed by atoms with Gasteiger partial charge in [0, 0.05) is 12.6 Å². The van der Waals surface area contributed by atoms with E-state index in [9.17, 15) is 0 Å². The monoisotopic (exact) mass is 312 g/mol. The van der Waals surface area contributed by atoms with E-state index in [0.717, 1.165) is 18.7 Å². The Morgan fingerprint density at radius 3 is 2.75 bits per heavy atom. The normalized spacial score (nSPS) is 17.9. The van der Waals surface area contributed by atoms with Gasteiger partial charge in [-0.15, -0.1) is 0 Å². The molecule has 1 atom stereocenters. The fourth-order valence-electron chi connectivity index (χ4n) is 3.88. The molecule has 0 unspecified atom stereocenters. The summed E-state index contributed by atoms with van der Waals surface area (Å²) in [7, 11) is 0. The van der Waals surface area contributed by atoms with Gasteiger partial charge in [0.25, 0.3) is 0 Å². The quantitative estimate of drug-likeness (QED) is 0.677. The van der Waals surface area contributed by atoms with E-state index in [1.54, 1.807) is 0 Å². The molecule has 0 N–H and O–H groups in total. The second-order valence-electron chi connectivity index (χ2n) is 6.51. The average Bonchev–Trinajstić information content (AvgIpc) is 3.09. The van der Waals surface area contributed by atoms with Gasteiger partial charge in [-0.2, -0.15) is 5.26 Å². The second-order valence-corrected chi connectivity index (χ2v) is 6.51. The van der Waals surface area contributed by atoms with Gasteiger partial charge in [0.2, 0.25) is 0 Å². The van der Waals surface area contributed by atoms with Gasteiger partial charge in [-0.25, -0.2) is 0 Å². The van der Waals surface area contributed by atoms with Crippen LogP contribution in [0, 0.1) is 11.3 Å². The fourth-order valence-corrected chi connectivity index (χ4v) is 3.88. The van der Waals surface area contributed by atoms with Crippen LogP contribution in [0.2, 0.25) is 0 Å². The molecule has 1 saturated heterocycles. The van der Waals surface area contributed by atoms with Gasteiger partial charge in [-0.3, -0.25) is 4.90 Å². The minimum absolute atomic E-state index is 0.460. The van der Waals surface area contributed by atoms with Crippen LogP contribution in [-0.4, -0.2) is 11.4 Å². The van der Waals surface area contributed by atoms with Crippen LogP contribution < -0.4 is 0 Å². The topological polar surface area (TPSA) is 27.0 Å². The highest BCUT2D eigenvalue weighted by Crippen LogP contribution is 2.36. The molecule has 0 radical (unpaired) electrons. The smallest absolute Gasteiger partial charge is 0.0991 e. The van der Waals surface area contributed by atoms with Crippen LogP contribution in [0.1, 0.15) is 35.6 Å². The molecule has 1 fully saturated rings. The van der Waals surface area contributed by atoms with Gasteiger partial charge < -0.3 is 0 Å². The molecule has 0 bridgehead atoms. The zero-order chi connectivity index (χ0) is 16.4. The van der Waals surface area contributed by atoms with Crippen molar-refractivity contribution in [2.75, 3.05) is 6.54 Å². The number of likely N-dealkylation sites (tertiary alicyclic amines) is 1. The molecule has 3 aromatic rings. The molecule has 4 rings (SSSR count). The number of fused-ring (bicyclic) bond motifs is 1. The van der Waals surface area contributed by atoms with Crippen LogP contribution in [0.4, 0.5) is 0 Å². The van der Waals surface area contributed by atoms with Gasteiger partial charge in [0.1, 0.15) is 0 Å². The van der Waals surface area contributed by atoms with Gasteiger partial charge in [0.05, 0.1) is 11.6 Å². The lowest BCUT2D eigenvalue weighted by Crippen LogP contribution is -2.23. The van der Waals surface area contributed by atoms with Crippen molar-refractivity contribution in [3.8, 4) is 6.07 Å². The van der Waals surface area contributed by atoms with Crippen molar-refractivity contribution in [1.82, 2.24) is 4.90 Å². The minimum Gasteiger partial charge on any atom is -0.292 e. The van der Waals surface area contributed by atoms with E-state index in [0.29, 0.717) is 6.04 Å². The Hall–Kier alpha value is -2.63. The predicted octanol–water partition coefficient (Wildman–Crippen LogP) is 5.05. The average molecular weight is 312 g/mol. The van der Waals surface area contributed by atoms with E-state index in [2.05, 4.69) is 59.5 Å². The third kappa shape index (κ3) is 2.79. The maximum absolute atomic E-state index is 9.11. The van der Waals surface area contributed by atoms with E-state index in [1.165, 1.54) is 34.7 Å². The minimum atomic E-state index is 0.460. The molecule has 0 saturated carbocycles. The largest absolute Gasteiger partial charge is 0.292 e. The summed E-state index contributed by atoms with van der Waals surface area (Å²) < 4.78 is 0. The lowest BCUT2D eigenvalue weighted by Gasteiger charge is -2.26. The van der Waals surface area contributed by atoms with Gasteiger partial charge in [-0.05, 0) is 53.4 Å². The lowest BCUT2D eigenvalue weighted by atomic mass is 9.97. The van der Waals surface area contributed by atoms with E-state index in [-0.39, 0.29) is 0 Å². The van der Waals surface area contributed by atoms with Crippen molar-refractivity contribution in [3.05, 3.63) is 83.4 Å². The summed E-state index contributed by atoms with van der Waals surface area (Å²) in [5.41, 5.74) is 3.40. The second kappa shape index (κ2) is 6.47. The van der Waals surface area contributed by atoms with Crippen LogP contribution in [0.25, 0.3) is 10.8 Å². The van der Waals surface area contributed by atoms with Gasteiger partial charge in [-0.1, -0.05) is 54.6 Å². The molecule has 1 aliphatic heterocycles. The summed E-state index contributed by atoms with van der Waals surface area (Å²) >= 11 is 0. The fraction of sp³-hybridized carbons (Fsp3) is 0.227. The van der Waals surface area contributed by atoms with Crippen molar-refractivity contribution in [2.24, 2.45) is 0 Å². The zero-order valence-corrected chi connectivity index (χ0v) is 13.7. The van der Waals surface area contributed by atoms with E-state index >= 15 is 0 Å². The first-order valence-electron chi connectivity index (χ1n) is 8.56. The highest BCUT2D eigenvalue weighted by molar-refractivity contribution is 5.86. The molecular formula is C22H20N2. The predicted molar refractivity (Wildman–Crippen MR) is 97.5 cm³/mol. The SMILES string of the molecule is N#Cc1cccc(CN2CCC[C@@H]2c2cccc3ccccc23)c1. The molecule has 2 nitrogen and oxygen atoms in total.